The third-order valence-electron chi connectivity index (χ3n) is 2.00. The Morgan fingerprint density at radius 2 is 2.31 bits per heavy atom. The summed E-state index contributed by atoms with van der Waals surface area (Å²) in [6.07, 6.45) is 12.4. The number of allylic oxidation sites excluding steroid dienone is 4. The van der Waals surface area contributed by atoms with E-state index < -0.39 is 0 Å². The molecular weight excluding hydrogens is 182 g/mol. The molecule has 2 rings (SSSR count). The summed E-state index contributed by atoms with van der Waals surface area (Å²) < 4.78 is 0. The van der Waals surface area contributed by atoms with Crippen molar-refractivity contribution in [3.05, 3.63) is 53.9 Å². The lowest BCUT2D eigenvalue weighted by Crippen LogP contribution is -1.87. The van der Waals surface area contributed by atoms with Gasteiger partial charge in [0.05, 0.1) is 0 Å². The van der Waals surface area contributed by atoms with Gasteiger partial charge < -0.3 is 0 Å². The van der Waals surface area contributed by atoms with Crippen molar-refractivity contribution in [2.45, 2.75) is 12.8 Å². The van der Waals surface area contributed by atoms with Crippen molar-refractivity contribution in [2.75, 3.05) is 0 Å². The third kappa shape index (κ3) is 2.71. The van der Waals surface area contributed by atoms with Crippen LogP contribution in [0.15, 0.2) is 48.3 Å². The van der Waals surface area contributed by atoms with Gasteiger partial charge in [0, 0.05) is 12.4 Å². The van der Waals surface area contributed by atoms with Crippen LogP contribution in [0.4, 0.5) is 0 Å². The molecule has 0 saturated carbocycles. The largest absolute Gasteiger partial charge is 0.264 e. The first-order valence-corrected chi connectivity index (χ1v) is 4.18. The maximum absolute atomic E-state index is 4.08. The number of hydrogen-bond donors (Lipinski definition) is 0. The standard InChI is InChI=1S/C11H11N.ClH/c1-2-5-10(4-1)8-11-6-3-7-12-9-11;/h1-4,6-7,9H,5,8H2;1H. The van der Waals surface area contributed by atoms with Gasteiger partial charge in [-0.25, -0.2) is 0 Å². The summed E-state index contributed by atoms with van der Waals surface area (Å²) in [5.74, 6) is 0. The Kier molecular flexibility index (Phi) is 3.71. The van der Waals surface area contributed by atoms with Crippen LogP contribution in [-0.2, 0) is 6.42 Å². The van der Waals surface area contributed by atoms with E-state index in [1.165, 1.54) is 11.1 Å². The van der Waals surface area contributed by atoms with Gasteiger partial charge in [0.25, 0.3) is 0 Å². The fourth-order valence-electron chi connectivity index (χ4n) is 1.39. The zero-order chi connectivity index (χ0) is 8.23. The van der Waals surface area contributed by atoms with Crippen LogP contribution in [0.2, 0.25) is 0 Å². The molecule has 0 atom stereocenters. The van der Waals surface area contributed by atoms with Gasteiger partial charge in [-0.1, -0.05) is 29.9 Å². The highest BCUT2D eigenvalue weighted by Crippen LogP contribution is 2.15. The number of halogens is 1. The molecule has 1 nitrogen and oxygen atoms in total. The molecule has 1 aliphatic carbocycles. The number of aromatic nitrogens is 1. The van der Waals surface area contributed by atoms with Crippen LogP contribution in [0.25, 0.3) is 0 Å². The summed E-state index contributed by atoms with van der Waals surface area (Å²) in [4.78, 5) is 4.08. The number of nitrogens with zero attached hydrogens (tertiary/aromatic N) is 1. The monoisotopic (exact) mass is 193 g/mol. The van der Waals surface area contributed by atoms with Crippen LogP contribution >= 0.6 is 12.4 Å². The van der Waals surface area contributed by atoms with Crippen molar-refractivity contribution in [3.8, 4) is 0 Å². The summed E-state index contributed by atoms with van der Waals surface area (Å²) in [6, 6.07) is 4.10. The Morgan fingerprint density at radius 3 is 2.92 bits per heavy atom. The number of pyridine rings is 1. The molecule has 0 saturated heterocycles. The van der Waals surface area contributed by atoms with Gasteiger partial charge in [-0.05, 0) is 24.5 Å². The van der Waals surface area contributed by atoms with E-state index in [9.17, 15) is 0 Å². The minimum absolute atomic E-state index is 0. The molecule has 0 unspecified atom stereocenters. The summed E-state index contributed by atoms with van der Waals surface area (Å²) in [5, 5.41) is 0. The molecule has 13 heavy (non-hydrogen) atoms. The minimum Gasteiger partial charge on any atom is -0.264 e. The predicted molar refractivity (Wildman–Crippen MR) is 57.0 cm³/mol. The molecule has 0 spiro atoms. The lowest BCUT2D eigenvalue weighted by molar-refractivity contribution is 1.07. The van der Waals surface area contributed by atoms with E-state index in [2.05, 4.69) is 29.3 Å². The van der Waals surface area contributed by atoms with Gasteiger partial charge in [-0.2, -0.15) is 0 Å². The SMILES string of the molecule is C1=CCC(Cc2cccnc2)=C1.Cl. The van der Waals surface area contributed by atoms with Gasteiger partial charge >= 0.3 is 0 Å². The summed E-state index contributed by atoms with van der Waals surface area (Å²) in [7, 11) is 0. The first kappa shape index (κ1) is 10.0. The van der Waals surface area contributed by atoms with Crippen LogP contribution in [0.1, 0.15) is 12.0 Å². The van der Waals surface area contributed by atoms with Crippen LogP contribution in [0, 0.1) is 0 Å². The molecule has 0 amide bonds. The zero-order valence-electron chi connectivity index (χ0n) is 7.31. The van der Waals surface area contributed by atoms with Gasteiger partial charge in [0.15, 0.2) is 0 Å². The Bertz CT molecular complexity index is 314. The topological polar surface area (TPSA) is 12.9 Å². The maximum atomic E-state index is 4.08. The second-order valence-corrected chi connectivity index (χ2v) is 3.00. The molecule has 0 N–H and O–H groups in total. The quantitative estimate of drug-likeness (QED) is 0.704. The molecule has 1 aromatic rings. The lowest BCUT2D eigenvalue weighted by Gasteiger charge is -2.00. The number of rotatable bonds is 2. The van der Waals surface area contributed by atoms with E-state index >= 15 is 0 Å². The lowest BCUT2D eigenvalue weighted by atomic mass is 10.1. The smallest absolute Gasteiger partial charge is 0.0303 e. The molecule has 0 radical (unpaired) electrons. The highest BCUT2D eigenvalue weighted by atomic mass is 35.5. The summed E-state index contributed by atoms with van der Waals surface area (Å²) in [6.45, 7) is 0. The average Bonchev–Trinajstić information content (AvgIpc) is 2.59. The Hall–Kier alpha value is -1.08. The van der Waals surface area contributed by atoms with E-state index in [0.29, 0.717) is 0 Å². The Morgan fingerprint density at radius 1 is 1.38 bits per heavy atom. The van der Waals surface area contributed by atoms with Gasteiger partial charge in [0.1, 0.15) is 0 Å². The second-order valence-electron chi connectivity index (χ2n) is 3.00. The van der Waals surface area contributed by atoms with E-state index in [1.807, 2.05) is 18.5 Å². The van der Waals surface area contributed by atoms with Crippen molar-refractivity contribution in [3.63, 3.8) is 0 Å². The normalized spacial score (nSPS) is 13.7. The van der Waals surface area contributed by atoms with Crippen LogP contribution in [-0.4, -0.2) is 4.98 Å². The average molecular weight is 194 g/mol. The minimum atomic E-state index is 0. The molecule has 1 aromatic heterocycles. The molecule has 0 fully saturated rings. The number of hydrogen-bond acceptors (Lipinski definition) is 1. The molecule has 68 valence electrons. The fraction of sp³-hybridized carbons (Fsp3) is 0.182. The second kappa shape index (κ2) is 4.83. The molecule has 2 heteroatoms. The van der Waals surface area contributed by atoms with Gasteiger partial charge in [-0.15, -0.1) is 12.4 Å². The zero-order valence-corrected chi connectivity index (χ0v) is 8.13. The van der Waals surface area contributed by atoms with Crippen LogP contribution in [0.3, 0.4) is 0 Å². The summed E-state index contributed by atoms with van der Waals surface area (Å²) >= 11 is 0. The van der Waals surface area contributed by atoms with Crippen molar-refractivity contribution in [1.82, 2.24) is 4.98 Å². The molecule has 0 aliphatic heterocycles. The van der Waals surface area contributed by atoms with Crippen molar-refractivity contribution < 1.29 is 0 Å². The molecule has 0 aromatic carbocycles. The van der Waals surface area contributed by atoms with Crippen LogP contribution in [0.5, 0.6) is 0 Å². The first-order chi connectivity index (χ1) is 5.95. The molecule has 1 heterocycles. The predicted octanol–water partition coefficient (Wildman–Crippen LogP) is 2.93. The van der Waals surface area contributed by atoms with E-state index in [1.54, 1.807) is 0 Å². The summed E-state index contributed by atoms with van der Waals surface area (Å²) in [5.41, 5.74) is 2.77. The van der Waals surface area contributed by atoms with Gasteiger partial charge in [0.2, 0.25) is 0 Å². The van der Waals surface area contributed by atoms with Crippen molar-refractivity contribution >= 4 is 12.4 Å². The Balaban J connectivity index is 0.000000845. The van der Waals surface area contributed by atoms with E-state index in [4.69, 9.17) is 0 Å². The fourth-order valence-corrected chi connectivity index (χ4v) is 1.39. The van der Waals surface area contributed by atoms with Crippen molar-refractivity contribution in [1.29, 1.82) is 0 Å². The van der Waals surface area contributed by atoms with Gasteiger partial charge in [-0.3, -0.25) is 4.98 Å². The first-order valence-electron chi connectivity index (χ1n) is 4.18. The van der Waals surface area contributed by atoms with Crippen LogP contribution < -0.4 is 0 Å². The Labute approximate surface area is 84.6 Å². The molecule has 1 aliphatic rings. The van der Waals surface area contributed by atoms with Crippen molar-refractivity contribution in [2.24, 2.45) is 0 Å². The third-order valence-corrected chi connectivity index (χ3v) is 2.00. The highest BCUT2D eigenvalue weighted by molar-refractivity contribution is 5.85. The molecular formula is C11H12ClN. The van der Waals surface area contributed by atoms with E-state index in [-0.39, 0.29) is 12.4 Å². The van der Waals surface area contributed by atoms with E-state index in [0.717, 1.165) is 12.8 Å². The molecule has 0 bridgehead atoms. The highest BCUT2D eigenvalue weighted by Gasteiger charge is 2.00. The maximum Gasteiger partial charge on any atom is 0.0303 e.